The Labute approximate surface area is 67.1 Å². The zero-order valence-corrected chi connectivity index (χ0v) is 7.02. The molecule has 3 heteroatoms. The molecule has 0 aromatic heterocycles. The van der Waals surface area contributed by atoms with Crippen molar-refractivity contribution in [1.82, 2.24) is 5.32 Å². The molecule has 1 atom stereocenters. The first-order valence-corrected chi connectivity index (χ1v) is 3.70. The van der Waals surface area contributed by atoms with Crippen LogP contribution in [0.2, 0.25) is 0 Å². The Morgan fingerprint density at radius 2 is 2.18 bits per heavy atom. The summed E-state index contributed by atoms with van der Waals surface area (Å²) in [6.07, 6.45) is 0.271. The van der Waals surface area contributed by atoms with Gasteiger partial charge in [-0.25, -0.2) is 5.11 Å². The summed E-state index contributed by atoms with van der Waals surface area (Å²) in [7, 11) is 0. The van der Waals surface area contributed by atoms with Crippen LogP contribution in [0.3, 0.4) is 0 Å². The van der Waals surface area contributed by atoms with Crippen LogP contribution < -0.4 is 5.32 Å². The van der Waals surface area contributed by atoms with Crippen molar-refractivity contribution in [2.24, 2.45) is 0 Å². The molecular weight excluding hydrogens is 142 g/mol. The minimum atomic E-state index is -0.982. The average Bonchev–Trinajstić information content (AvgIpc) is 1.87. The molecule has 63 valence electrons. The minimum absolute atomic E-state index is 0.349. The van der Waals surface area contributed by atoms with E-state index in [4.69, 9.17) is 0 Å². The molecule has 11 heavy (non-hydrogen) atoms. The number of nitrogens with one attached hydrogen (secondary N) is 1. The lowest BCUT2D eigenvalue weighted by atomic mass is 10.3. The molecule has 0 aromatic rings. The SMILES string of the molecule is C=C(C)C(=O)NC([O])CCC. The Hall–Kier alpha value is -0.830. The Kier molecular flexibility index (Phi) is 4.54. The van der Waals surface area contributed by atoms with Gasteiger partial charge in [0.15, 0.2) is 6.23 Å². The first-order chi connectivity index (χ1) is 5.07. The first-order valence-electron chi connectivity index (χ1n) is 3.70. The van der Waals surface area contributed by atoms with Crippen molar-refractivity contribution in [1.29, 1.82) is 0 Å². The smallest absolute Gasteiger partial charge is 0.248 e. The summed E-state index contributed by atoms with van der Waals surface area (Å²) < 4.78 is 0. The van der Waals surface area contributed by atoms with Crippen molar-refractivity contribution in [2.75, 3.05) is 0 Å². The van der Waals surface area contributed by atoms with E-state index in [9.17, 15) is 9.90 Å². The van der Waals surface area contributed by atoms with Gasteiger partial charge in [0.25, 0.3) is 0 Å². The van der Waals surface area contributed by atoms with Gasteiger partial charge in [-0.05, 0) is 13.3 Å². The van der Waals surface area contributed by atoms with Crippen molar-refractivity contribution < 1.29 is 9.90 Å². The molecule has 0 aliphatic carbocycles. The van der Waals surface area contributed by atoms with Crippen LogP contribution in [0.15, 0.2) is 12.2 Å². The number of carbonyl (C=O) groups excluding carboxylic acids is 1. The molecule has 0 rings (SSSR count). The molecule has 0 heterocycles. The summed E-state index contributed by atoms with van der Waals surface area (Å²) in [5, 5.41) is 13.2. The van der Waals surface area contributed by atoms with Gasteiger partial charge in [0.05, 0.1) is 0 Å². The van der Waals surface area contributed by atoms with Gasteiger partial charge < -0.3 is 5.32 Å². The van der Waals surface area contributed by atoms with Crippen molar-refractivity contribution in [3.8, 4) is 0 Å². The fraction of sp³-hybridized carbons (Fsp3) is 0.625. The van der Waals surface area contributed by atoms with Gasteiger partial charge in [-0.3, -0.25) is 4.79 Å². The quantitative estimate of drug-likeness (QED) is 0.483. The Bertz CT molecular complexity index is 154. The molecule has 0 aromatic carbocycles. The van der Waals surface area contributed by atoms with Crippen LogP contribution in [0.25, 0.3) is 0 Å². The third kappa shape index (κ3) is 4.56. The van der Waals surface area contributed by atoms with Crippen molar-refractivity contribution in [3.05, 3.63) is 12.2 Å². The Balaban J connectivity index is 3.66. The molecule has 0 aliphatic rings. The second-order valence-corrected chi connectivity index (χ2v) is 2.53. The number of rotatable bonds is 4. The summed E-state index contributed by atoms with van der Waals surface area (Å²) in [5.41, 5.74) is 0.377. The largest absolute Gasteiger partial charge is 0.324 e. The predicted octanol–water partition coefficient (Wildman–Crippen LogP) is 1.24. The average molecular weight is 156 g/mol. The predicted molar refractivity (Wildman–Crippen MR) is 42.3 cm³/mol. The molecule has 0 saturated heterocycles. The molecule has 3 nitrogen and oxygen atoms in total. The van der Waals surface area contributed by atoms with E-state index in [2.05, 4.69) is 11.9 Å². The van der Waals surface area contributed by atoms with E-state index in [0.29, 0.717) is 12.0 Å². The molecule has 1 amide bonds. The number of hydrogen-bond acceptors (Lipinski definition) is 1. The lowest BCUT2D eigenvalue weighted by Crippen LogP contribution is -2.33. The van der Waals surface area contributed by atoms with Gasteiger partial charge in [0, 0.05) is 5.57 Å². The number of hydrogen-bond donors (Lipinski definition) is 1. The fourth-order valence-corrected chi connectivity index (χ4v) is 0.604. The maximum atomic E-state index is 10.9. The van der Waals surface area contributed by atoms with Gasteiger partial charge >= 0.3 is 0 Å². The van der Waals surface area contributed by atoms with Gasteiger partial charge in [-0.15, -0.1) is 0 Å². The zero-order chi connectivity index (χ0) is 8.85. The van der Waals surface area contributed by atoms with Gasteiger partial charge in [0.1, 0.15) is 0 Å². The number of amides is 1. The van der Waals surface area contributed by atoms with Crippen LogP contribution in [-0.4, -0.2) is 12.1 Å². The van der Waals surface area contributed by atoms with E-state index in [1.807, 2.05) is 6.92 Å². The maximum Gasteiger partial charge on any atom is 0.248 e. The lowest BCUT2D eigenvalue weighted by molar-refractivity contribution is -0.121. The molecule has 0 fully saturated rings. The summed E-state index contributed by atoms with van der Waals surface area (Å²) in [4.78, 5) is 10.8. The van der Waals surface area contributed by atoms with E-state index >= 15 is 0 Å². The third-order valence-electron chi connectivity index (χ3n) is 1.23. The van der Waals surface area contributed by atoms with Crippen LogP contribution in [0, 0.1) is 0 Å². The zero-order valence-electron chi connectivity index (χ0n) is 7.02. The first kappa shape index (κ1) is 10.2. The highest BCUT2D eigenvalue weighted by Crippen LogP contribution is 1.94. The van der Waals surface area contributed by atoms with Crippen LogP contribution >= 0.6 is 0 Å². The second kappa shape index (κ2) is 4.91. The number of carbonyl (C=O) groups is 1. The summed E-state index contributed by atoms with van der Waals surface area (Å²) in [6.45, 7) is 6.90. The molecule has 0 aliphatic heterocycles. The Morgan fingerprint density at radius 3 is 2.55 bits per heavy atom. The topological polar surface area (TPSA) is 49.0 Å². The van der Waals surface area contributed by atoms with Gasteiger partial charge in [0.2, 0.25) is 5.91 Å². The van der Waals surface area contributed by atoms with E-state index in [-0.39, 0.29) is 5.91 Å². The lowest BCUT2D eigenvalue weighted by Gasteiger charge is -2.08. The summed E-state index contributed by atoms with van der Waals surface area (Å²) in [5.74, 6) is -0.349. The summed E-state index contributed by atoms with van der Waals surface area (Å²) in [6, 6.07) is 0. The molecule has 0 saturated carbocycles. The molecular formula is C8H14NO2. The molecule has 1 N–H and O–H groups in total. The molecule has 0 spiro atoms. The Morgan fingerprint density at radius 1 is 1.64 bits per heavy atom. The van der Waals surface area contributed by atoms with Crippen molar-refractivity contribution in [2.45, 2.75) is 32.9 Å². The minimum Gasteiger partial charge on any atom is -0.324 e. The maximum absolute atomic E-state index is 10.9. The summed E-state index contributed by atoms with van der Waals surface area (Å²) >= 11 is 0. The van der Waals surface area contributed by atoms with Gasteiger partial charge in [-0.1, -0.05) is 19.9 Å². The van der Waals surface area contributed by atoms with Gasteiger partial charge in [-0.2, -0.15) is 0 Å². The second-order valence-electron chi connectivity index (χ2n) is 2.53. The molecule has 1 unspecified atom stereocenters. The highest BCUT2D eigenvalue weighted by Gasteiger charge is 2.08. The van der Waals surface area contributed by atoms with E-state index < -0.39 is 6.23 Å². The van der Waals surface area contributed by atoms with Crippen LogP contribution in [0.4, 0.5) is 0 Å². The third-order valence-corrected chi connectivity index (χ3v) is 1.23. The van der Waals surface area contributed by atoms with Crippen LogP contribution in [0.1, 0.15) is 26.7 Å². The van der Waals surface area contributed by atoms with E-state index in [0.717, 1.165) is 6.42 Å². The fourth-order valence-electron chi connectivity index (χ4n) is 0.604. The highest BCUT2D eigenvalue weighted by molar-refractivity contribution is 5.92. The van der Waals surface area contributed by atoms with E-state index in [1.165, 1.54) is 0 Å². The van der Waals surface area contributed by atoms with Crippen molar-refractivity contribution >= 4 is 5.91 Å². The normalized spacial score (nSPS) is 12.3. The van der Waals surface area contributed by atoms with Crippen LogP contribution in [0.5, 0.6) is 0 Å². The highest BCUT2D eigenvalue weighted by atomic mass is 16.3. The molecule has 1 radical (unpaired) electrons. The standard InChI is InChI=1S/C8H14NO2/c1-4-5-7(10)9-8(11)6(2)3/h7H,2,4-5H2,1,3H3,(H,9,11). The monoisotopic (exact) mass is 156 g/mol. The van der Waals surface area contributed by atoms with Crippen LogP contribution in [-0.2, 0) is 9.90 Å². The van der Waals surface area contributed by atoms with Crippen molar-refractivity contribution in [3.63, 3.8) is 0 Å². The van der Waals surface area contributed by atoms with E-state index in [1.54, 1.807) is 6.92 Å². The molecule has 0 bridgehead atoms.